The molecule has 1 aliphatic heterocycles. The van der Waals surface area contributed by atoms with Gasteiger partial charge in [-0.15, -0.1) is 0 Å². The second kappa shape index (κ2) is 5.11. The second-order valence-electron chi connectivity index (χ2n) is 4.68. The van der Waals surface area contributed by atoms with E-state index in [1.165, 1.54) is 0 Å². The maximum Gasteiger partial charge on any atom is 0.249 e. The first-order valence-electron chi connectivity index (χ1n) is 6.05. The fraction of sp³-hybridized carbons (Fsp3) is 0.357. The predicted molar refractivity (Wildman–Crippen MR) is 70.5 cm³/mol. The molecule has 5 heteroatoms. The van der Waals surface area contributed by atoms with E-state index in [-0.39, 0.29) is 31.4 Å². The number of carbonyl (C=O) groups excluding carboxylic acids is 2. The van der Waals surface area contributed by atoms with Crippen molar-refractivity contribution in [2.45, 2.75) is 13.8 Å². The summed E-state index contributed by atoms with van der Waals surface area (Å²) >= 11 is 0. The smallest absolute Gasteiger partial charge is 0.249 e. The van der Waals surface area contributed by atoms with Crippen LogP contribution in [0, 0.1) is 25.2 Å². The van der Waals surface area contributed by atoms with Crippen LogP contribution in [0.4, 0.5) is 5.69 Å². The minimum absolute atomic E-state index is 0.136. The normalized spacial score (nSPS) is 15.6. The Morgan fingerprint density at radius 1 is 1.21 bits per heavy atom. The van der Waals surface area contributed by atoms with Gasteiger partial charge in [0.1, 0.15) is 6.54 Å². The summed E-state index contributed by atoms with van der Waals surface area (Å²) in [5, 5.41) is 8.60. The standard InChI is InChI=1S/C14H15N3O2/c1-10-3-4-12(11(2)7-10)16-8-13(18)17(6-5-15)14(19)9-16/h3-4,7H,6,8-9H2,1-2H3. The van der Waals surface area contributed by atoms with Gasteiger partial charge in [0.05, 0.1) is 19.2 Å². The number of nitriles is 1. The van der Waals surface area contributed by atoms with Gasteiger partial charge < -0.3 is 4.90 Å². The topological polar surface area (TPSA) is 64.4 Å². The lowest BCUT2D eigenvalue weighted by atomic mass is 10.1. The molecule has 0 spiro atoms. The van der Waals surface area contributed by atoms with Gasteiger partial charge in [-0.3, -0.25) is 14.5 Å². The molecule has 0 unspecified atom stereocenters. The Labute approximate surface area is 112 Å². The van der Waals surface area contributed by atoms with Gasteiger partial charge in [-0.1, -0.05) is 17.7 Å². The van der Waals surface area contributed by atoms with Crippen LogP contribution in [-0.4, -0.2) is 36.3 Å². The van der Waals surface area contributed by atoms with Gasteiger partial charge in [0.2, 0.25) is 11.8 Å². The number of amides is 2. The zero-order valence-corrected chi connectivity index (χ0v) is 11.0. The largest absolute Gasteiger partial charge is 0.353 e. The van der Waals surface area contributed by atoms with Crippen molar-refractivity contribution >= 4 is 17.5 Å². The maximum absolute atomic E-state index is 11.9. The van der Waals surface area contributed by atoms with Crippen molar-refractivity contribution in [1.29, 1.82) is 5.26 Å². The first kappa shape index (κ1) is 13.1. The molecule has 0 aliphatic carbocycles. The van der Waals surface area contributed by atoms with E-state index < -0.39 is 0 Å². The van der Waals surface area contributed by atoms with E-state index in [9.17, 15) is 9.59 Å². The molecular weight excluding hydrogens is 242 g/mol. The summed E-state index contributed by atoms with van der Waals surface area (Å²) in [6, 6.07) is 7.74. The first-order chi connectivity index (χ1) is 9.02. The number of anilines is 1. The summed E-state index contributed by atoms with van der Waals surface area (Å²) in [5.74, 6) is -0.643. The van der Waals surface area contributed by atoms with Crippen LogP contribution in [0.1, 0.15) is 11.1 Å². The van der Waals surface area contributed by atoms with E-state index in [1.807, 2.05) is 38.1 Å². The van der Waals surface area contributed by atoms with Crippen molar-refractivity contribution in [2.75, 3.05) is 24.5 Å². The van der Waals surface area contributed by atoms with Crippen molar-refractivity contribution in [1.82, 2.24) is 4.90 Å². The third kappa shape index (κ3) is 2.58. The van der Waals surface area contributed by atoms with Crippen LogP contribution >= 0.6 is 0 Å². The molecule has 0 radical (unpaired) electrons. The van der Waals surface area contributed by atoms with Crippen molar-refractivity contribution in [3.05, 3.63) is 29.3 Å². The molecule has 0 N–H and O–H groups in total. The molecule has 0 aromatic heterocycles. The number of aryl methyl sites for hydroxylation is 2. The summed E-state index contributed by atoms with van der Waals surface area (Å²) < 4.78 is 0. The van der Waals surface area contributed by atoms with Crippen LogP contribution in [0.2, 0.25) is 0 Å². The van der Waals surface area contributed by atoms with E-state index in [4.69, 9.17) is 5.26 Å². The summed E-state index contributed by atoms with van der Waals surface area (Å²) in [6.45, 7) is 4.06. The zero-order chi connectivity index (χ0) is 14.0. The van der Waals surface area contributed by atoms with Gasteiger partial charge in [-0.05, 0) is 25.5 Å². The molecule has 2 amide bonds. The molecular formula is C14H15N3O2. The monoisotopic (exact) mass is 257 g/mol. The SMILES string of the molecule is Cc1ccc(N2CC(=O)N(CC#N)C(=O)C2)c(C)c1. The highest BCUT2D eigenvalue weighted by Gasteiger charge is 2.31. The number of rotatable bonds is 2. The number of nitrogens with zero attached hydrogens (tertiary/aromatic N) is 3. The van der Waals surface area contributed by atoms with E-state index in [2.05, 4.69) is 0 Å². The summed E-state index contributed by atoms with van der Waals surface area (Å²) in [5.41, 5.74) is 3.07. The molecule has 1 aliphatic rings. The molecule has 5 nitrogen and oxygen atoms in total. The fourth-order valence-corrected chi connectivity index (χ4v) is 2.27. The van der Waals surface area contributed by atoms with E-state index in [0.29, 0.717) is 0 Å². The minimum Gasteiger partial charge on any atom is -0.353 e. The molecule has 1 aromatic rings. The van der Waals surface area contributed by atoms with Gasteiger partial charge in [0.25, 0.3) is 0 Å². The van der Waals surface area contributed by atoms with E-state index >= 15 is 0 Å². The number of hydrogen-bond donors (Lipinski definition) is 0. The number of benzene rings is 1. The third-order valence-electron chi connectivity index (χ3n) is 3.18. The van der Waals surface area contributed by atoms with Crippen LogP contribution in [0.25, 0.3) is 0 Å². The highest BCUT2D eigenvalue weighted by atomic mass is 16.2. The van der Waals surface area contributed by atoms with Crippen LogP contribution in [0.5, 0.6) is 0 Å². The number of imide groups is 1. The molecule has 1 heterocycles. The fourth-order valence-electron chi connectivity index (χ4n) is 2.27. The molecule has 19 heavy (non-hydrogen) atoms. The first-order valence-corrected chi connectivity index (χ1v) is 6.05. The van der Waals surface area contributed by atoms with Gasteiger partial charge in [0, 0.05) is 5.69 Å². The molecule has 0 saturated carbocycles. The lowest BCUT2D eigenvalue weighted by Crippen LogP contribution is -2.54. The minimum atomic E-state index is -0.322. The average Bonchev–Trinajstić information content (AvgIpc) is 2.33. The quantitative estimate of drug-likeness (QED) is 0.585. The highest BCUT2D eigenvalue weighted by molar-refractivity contribution is 6.03. The highest BCUT2D eigenvalue weighted by Crippen LogP contribution is 2.23. The van der Waals surface area contributed by atoms with Crippen molar-refractivity contribution in [2.24, 2.45) is 0 Å². The van der Waals surface area contributed by atoms with Crippen LogP contribution < -0.4 is 4.90 Å². The van der Waals surface area contributed by atoms with Crippen LogP contribution in [0.15, 0.2) is 18.2 Å². The Morgan fingerprint density at radius 2 is 1.84 bits per heavy atom. The number of hydrogen-bond acceptors (Lipinski definition) is 4. The van der Waals surface area contributed by atoms with Gasteiger partial charge >= 0.3 is 0 Å². The van der Waals surface area contributed by atoms with Crippen molar-refractivity contribution in [3.63, 3.8) is 0 Å². The lowest BCUT2D eigenvalue weighted by molar-refractivity contribution is -0.144. The van der Waals surface area contributed by atoms with Crippen LogP contribution in [-0.2, 0) is 9.59 Å². The van der Waals surface area contributed by atoms with Crippen LogP contribution in [0.3, 0.4) is 0 Å². The summed E-state index contributed by atoms with van der Waals surface area (Å²) in [7, 11) is 0. The molecule has 2 rings (SSSR count). The number of piperazine rings is 1. The van der Waals surface area contributed by atoms with Crippen molar-refractivity contribution < 1.29 is 9.59 Å². The van der Waals surface area contributed by atoms with E-state index in [0.717, 1.165) is 21.7 Å². The van der Waals surface area contributed by atoms with Crippen molar-refractivity contribution in [3.8, 4) is 6.07 Å². The Bertz CT molecular complexity index is 557. The van der Waals surface area contributed by atoms with Gasteiger partial charge in [-0.25, -0.2) is 0 Å². The Morgan fingerprint density at radius 3 is 2.37 bits per heavy atom. The van der Waals surface area contributed by atoms with Gasteiger partial charge in [0.15, 0.2) is 0 Å². The average molecular weight is 257 g/mol. The Hall–Kier alpha value is -2.35. The molecule has 0 atom stereocenters. The van der Waals surface area contributed by atoms with E-state index in [1.54, 1.807) is 4.90 Å². The zero-order valence-electron chi connectivity index (χ0n) is 11.0. The third-order valence-corrected chi connectivity index (χ3v) is 3.18. The number of carbonyl (C=O) groups is 2. The Balaban J connectivity index is 2.23. The summed E-state index contributed by atoms with van der Waals surface area (Å²) in [6.07, 6.45) is 0. The summed E-state index contributed by atoms with van der Waals surface area (Å²) in [4.78, 5) is 26.5. The molecule has 1 aromatic carbocycles. The van der Waals surface area contributed by atoms with Gasteiger partial charge in [-0.2, -0.15) is 5.26 Å². The predicted octanol–water partition coefficient (Wildman–Crippen LogP) is 1.00. The molecule has 98 valence electrons. The Kier molecular flexibility index (Phi) is 3.52. The molecule has 1 saturated heterocycles. The lowest BCUT2D eigenvalue weighted by Gasteiger charge is -2.33. The maximum atomic E-state index is 11.9. The second-order valence-corrected chi connectivity index (χ2v) is 4.68. The molecule has 0 bridgehead atoms. The molecule has 1 fully saturated rings.